The van der Waals surface area contributed by atoms with Gasteiger partial charge in [0.1, 0.15) is 6.33 Å². The van der Waals surface area contributed by atoms with Gasteiger partial charge in [0.2, 0.25) is 13.7 Å². The van der Waals surface area contributed by atoms with Crippen LogP contribution in [-0.4, -0.2) is 49.9 Å². The molecule has 1 unspecified atom stereocenters. The average Bonchev–Trinajstić information content (AvgIpc) is 3.15. The number of anilines is 1. The first kappa shape index (κ1) is 26.7. The van der Waals surface area contributed by atoms with Crippen molar-refractivity contribution in [3.63, 3.8) is 0 Å². The number of imidazole rings is 1. The zero-order valence-corrected chi connectivity index (χ0v) is 17.5. The molecule has 2 heterocycles. The number of carboxylic acids is 1. The first-order valence-corrected chi connectivity index (χ1v) is 9.60. The maximum atomic E-state index is 11.8. The van der Waals surface area contributed by atoms with E-state index in [1.165, 1.54) is 10.9 Å². The molecule has 1 aliphatic rings. The van der Waals surface area contributed by atoms with Crippen LogP contribution >= 0.6 is 7.75 Å². The van der Waals surface area contributed by atoms with E-state index in [9.17, 15) is 29.3 Å². The van der Waals surface area contributed by atoms with Crippen LogP contribution in [0.3, 0.4) is 0 Å². The molecule has 30 heavy (non-hydrogen) atoms. The van der Waals surface area contributed by atoms with E-state index in [0.717, 1.165) is 6.92 Å². The maximum absolute atomic E-state index is 11.8. The largest absolute Gasteiger partial charge is 1.00 e. The van der Waals surface area contributed by atoms with Crippen molar-refractivity contribution in [3.05, 3.63) is 22.3 Å². The standard InChI is InChI=1S/C14H19N6O7P.2Li/c1-7(12(23)24)19-28(25,26)27-5-14(4-21)2-8(14)3-20-6-16-9-10(20)17-13(15)18-11(9)22;;/h3,6-7,21H,2,4-5H2,1H3,(H,23,24)(H2,19,25,26)(H3,15,17,18,22);;/q;2*+1/p-2/b8-3-;;/t7-,14-;;/m0../s1. The van der Waals surface area contributed by atoms with Gasteiger partial charge in [-0.15, -0.1) is 0 Å². The summed E-state index contributed by atoms with van der Waals surface area (Å²) in [6.07, 6.45) is 3.20. The molecule has 0 aromatic carbocycles. The van der Waals surface area contributed by atoms with Gasteiger partial charge in [0, 0.05) is 11.6 Å². The molecule has 2 aromatic rings. The van der Waals surface area contributed by atoms with E-state index in [4.69, 9.17) is 10.3 Å². The molecule has 1 saturated carbocycles. The van der Waals surface area contributed by atoms with E-state index in [1.54, 1.807) is 6.20 Å². The molecule has 13 nitrogen and oxygen atoms in total. The fourth-order valence-corrected chi connectivity index (χ4v) is 3.66. The second kappa shape index (κ2) is 9.83. The number of aromatic amines is 1. The summed E-state index contributed by atoms with van der Waals surface area (Å²) in [7, 11) is -4.67. The Bertz CT molecular complexity index is 1070. The number of carboxylic acid groups (broad SMARTS) is 1. The molecule has 152 valence electrons. The zero-order chi connectivity index (χ0) is 20.7. The van der Waals surface area contributed by atoms with Gasteiger partial charge < -0.3 is 30.2 Å². The fraction of sp³-hybridized carbons (Fsp3) is 0.429. The monoisotopic (exact) mass is 426 g/mol. The maximum Gasteiger partial charge on any atom is 1.00 e. The Balaban J connectivity index is 0.00000225. The number of rotatable bonds is 8. The number of carbonyl (C=O) groups excluding carboxylic acids is 1. The number of hydrogen-bond acceptors (Lipinski definition) is 10. The number of aliphatic hydroxyl groups is 1. The van der Waals surface area contributed by atoms with Gasteiger partial charge in [0.15, 0.2) is 11.2 Å². The van der Waals surface area contributed by atoms with Crippen LogP contribution in [0.25, 0.3) is 17.4 Å². The van der Waals surface area contributed by atoms with Gasteiger partial charge in [-0.2, -0.15) is 4.98 Å². The third kappa shape index (κ3) is 5.65. The zero-order valence-electron chi connectivity index (χ0n) is 16.6. The fourth-order valence-electron chi connectivity index (χ4n) is 2.59. The number of nitrogens with zero attached hydrogens (tertiary/aromatic N) is 3. The predicted molar refractivity (Wildman–Crippen MR) is 92.1 cm³/mol. The number of H-pyrrole nitrogens is 1. The minimum atomic E-state index is -4.67. The SMILES string of the molecule is C[C@H](NP(=O)([O-])OC[C@@]1(CO)C/C1=C/n1cnc2c(=O)[nH]c(N)nc21)C(=O)[O-].[Li+].[Li+]. The summed E-state index contributed by atoms with van der Waals surface area (Å²) in [4.78, 5) is 44.5. The minimum Gasteiger partial charge on any atom is -0.766 e. The first-order chi connectivity index (χ1) is 13.1. The van der Waals surface area contributed by atoms with Crippen molar-refractivity contribution in [3.8, 4) is 0 Å². The Labute approximate surface area is 194 Å². The van der Waals surface area contributed by atoms with Crippen LogP contribution in [-0.2, 0) is 13.9 Å². The predicted octanol–water partition coefficient (Wildman–Crippen LogP) is -8.85. The number of aliphatic carboxylic acids is 1. The molecule has 3 rings (SSSR count). The van der Waals surface area contributed by atoms with Gasteiger partial charge in [-0.1, -0.05) is 0 Å². The molecule has 0 bridgehead atoms. The van der Waals surface area contributed by atoms with E-state index in [2.05, 4.69) is 15.0 Å². The van der Waals surface area contributed by atoms with Crippen LogP contribution in [0.15, 0.2) is 16.7 Å². The average molecular weight is 426 g/mol. The molecular weight excluding hydrogens is 409 g/mol. The van der Waals surface area contributed by atoms with Crippen molar-refractivity contribution >= 4 is 37.0 Å². The summed E-state index contributed by atoms with van der Waals surface area (Å²) >= 11 is 0. The molecule has 0 aliphatic heterocycles. The third-order valence-electron chi connectivity index (χ3n) is 4.35. The van der Waals surface area contributed by atoms with Gasteiger partial charge in [-0.3, -0.25) is 18.9 Å². The molecule has 0 saturated heterocycles. The number of aliphatic hydroxyl groups excluding tert-OH is 1. The Morgan fingerprint density at radius 3 is 2.87 bits per heavy atom. The van der Waals surface area contributed by atoms with Crippen LogP contribution in [0, 0.1) is 5.41 Å². The van der Waals surface area contributed by atoms with E-state index < -0.39 is 43.9 Å². The number of hydrogen-bond donors (Lipinski definition) is 4. The number of carbonyl (C=O) groups is 1. The summed E-state index contributed by atoms with van der Waals surface area (Å²) in [5, 5.41) is 22.1. The van der Waals surface area contributed by atoms with E-state index >= 15 is 0 Å². The molecule has 1 aliphatic carbocycles. The number of fused-ring (bicyclic) bond motifs is 1. The van der Waals surface area contributed by atoms with E-state index in [-0.39, 0.29) is 54.8 Å². The summed E-state index contributed by atoms with van der Waals surface area (Å²) in [5.41, 5.74) is 4.96. The van der Waals surface area contributed by atoms with Crippen LogP contribution in [0.4, 0.5) is 5.95 Å². The van der Waals surface area contributed by atoms with Crippen molar-refractivity contribution in [1.29, 1.82) is 0 Å². The van der Waals surface area contributed by atoms with Crippen molar-refractivity contribution < 1.29 is 66.7 Å². The van der Waals surface area contributed by atoms with Crippen LogP contribution in [0.1, 0.15) is 13.3 Å². The van der Waals surface area contributed by atoms with Gasteiger partial charge >= 0.3 is 37.7 Å². The van der Waals surface area contributed by atoms with Gasteiger partial charge in [0.05, 0.1) is 25.2 Å². The normalized spacial score (nSPS) is 22.0. The Hall–Kier alpha value is -1.38. The molecule has 2 aromatic heterocycles. The molecule has 3 atom stereocenters. The van der Waals surface area contributed by atoms with E-state index in [1.807, 2.05) is 5.09 Å². The van der Waals surface area contributed by atoms with Crippen LogP contribution in [0.2, 0.25) is 0 Å². The summed E-state index contributed by atoms with van der Waals surface area (Å²) in [6, 6.07) is -1.46. The number of aromatic nitrogens is 4. The Morgan fingerprint density at radius 2 is 2.27 bits per heavy atom. The first-order valence-electron chi connectivity index (χ1n) is 8.05. The van der Waals surface area contributed by atoms with Crippen molar-refractivity contribution in [2.24, 2.45) is 5.41 Å². The Kier molecular flexibility index (Phi) is 8.74. The number of nitrogens with two attached hydrogens (primary N) is 1. The number of nitrogen functional groups attached to an aromatic ring is 1. The molecule has 1 fully saturated rings. The molecule has 0 radical (unpaired) electrons. The van der Waals surface area contributed by atoms with E-state index in [0.29, 0.717) is 12.0 Å². The quantitative estimate of drug-likeness (QED) is 0.230. The molecular formula is C14H17Li2N6O7P. The van der Waals surface area contributed by atoms with Crippen molar-refractivity contribution in [1.82, 2.24) is 24.6 Å². The van der Waals surface area contributed by atoms with Crippen molar-refractivity contribution in [2.75, 3.05) is 18.9 Å². The molecule has 0 amide bonds. The Morgan fingerprint density at radius 1 is 1.60 bits per heavy atom. The summed E-state index contributed by atoms with van der Waals surface area (Å²) in [6.45, 7) is 0.293. The van der Waals surface area contributed by atoms with Gasteiger partial charge in [0.25, 0.3) is 5.56 Å². The third-order valence-corrected chi connectivity index (χ3v) is 5.52. The summed E-state index contributed by atoms with van der Waals surface area (Å²) in [5.74, 6) is -1.69. The summed E-state index contributed by atoms with van der Waals surface area (Å²) < 4.78 is 18.1. The van der Waals surface area contributed by atoms with Crippen LogP contribution in [0.5, 0.6) is 0 Å². The molecule has 16 heteroatoms. The topological polar surface area (TPSA) is 211 Å². The van der Waals surface area contributed by atoms with Crippen molar-refractivity contribution in [2.45, 2.75) is 19.4 Å². The van der Waals surface area contributed by atoms with Crippen LogP contribution < -0.4 is 64.1 Å². The molecule has 5 N–H and O–H groups in total. The van der Waals surface area contributed by atoms with Gasteiger partial charge in [-0.05, 0) is 18.9 Å². The number of nitrogens with one attached hydrogen (secondary N) is 2. The minimum absolute atomic E-state index is 0. The van der Waals surface area contributed by atoms with Gasteiger partial charge in [-0.25, -0.2) is 10.1 Å². The molecule has 0 spiro atoms. The second-order valence-corrected chi connectivity index (χ2v) is 8.00. The smallest absolute Gasteiger partial charge is 0.766 e. The second-order valence-electron chi connectivity index (χ2n) is 6.49.